The Morgan fingerprint density at radius 3 is 2.55 bits per heavy atom. The third kappa shape index (κ3) is 4.38. The number of aryl methyl sites for hydroxylation is 2. The summed E-state index contributed by atoms with van der Waals surface area (Å²) in [6, 6.07) is 7.93. The van der Waals surface area contributed by atoms with Crippen LogP contribution in [0.4, 0.5) is 10.3 Å². The van der Waals surface area contributed by atoms with E-state index in [1.807, 2.05) is 26.8 Å². The van der Waals surface area contributed by atoms with Crippen LogP contribution in [0.1, 0.15) is 41.5 Å². The van der Waals surface area contributed by atoms with Crippen molar-refractivity contribution >= 4 is 11.9 Å². The molecule has 3 heterocycles. The molecule has 3 aromatic rings. The maximum absolute atomic E-state index is 14.9. The highest BCUT2D eigenvalue weighted by Gasteiger charge is 2.34. The molecule has 1 aliphatic rings. The number of anilines is 1. The average molecular weight is 420 g/mol. The lowest BCUT2D eigenvalue weighted by atomic mass is 9.95. The van der Waals surface area contributed by atoms with Crippen LogP contribution in [0.3, 0.4) is 0 Å². The van der Waals surface area contributed by atoms with Crippen LogP contribution in [0, 0.1) is 19.7 Å². The third-order valence-corrected chi connectivity index (χ3v) is 5.58. The second-order valence-corrected chi connectivity index (χ2v) is 7.84. The summed E-state index contributed by atoms with van der Waals surface area (Å²) in [7, 11) is 0. The molecule has 1 amide bonds. The van der Waals surface area contributed by atoms with Gasteiger partial charge in [-0.3, -0.25) is 4.79 Å². The third-order valence-electron chi connectivity index (χ3n) is 5.58. The number of carbonyl (C=O) groups is 1. The highest BCUT2D eigenvalue weighted by atomic mass is 19.1. The standard InChI is InChI=1S/C23H25FN6O/c1-14-13-15(2)28-23(27-14)29-19-9-5-12-30(16(19)3)22(31)20-17(7-4-8-18(20)24)21-25-10-6-11-26-21/h4,6-8,10-11,13,16,19H,5,9,12H2,1-3H3,(H,27,28,29)/t16-,19+/m1/s1. The molecule has 0 aliphatic carbocycles. The SMILES string of the molecule is Cc1cc(C)nc(N[C@H]2CCCN(C(=O)c3c(F)cccc3-c3ncccn3)[C@@H]2C)n1. The summed E-state index contributed by atoms with van der Waals surface area (Å²) in [6.07, 6.45) is 4.82. The predicted octanol–water partition coefficient (Wildman–Crippen LogP) is 3.79. The number of hydrogen-bond donors (Lipinski definition) is 1. The smallest absolute Gasteiger partial charge is 0.257 e. The van der Waals surface area contributed by atoms with Crippen LogP contribution in [0.15, 0.2) is 42.7 Å². The molecule has 1 aliphatic heterocycles. The molecule has 31 heavy (non-hydrogen) atoms. The largest absolute Gasteiger partial charge is 0.349 e. The molecule has 1 aromatic carbocycles. The topological polar surface area (TPSA) is 83.9 Å². The predicted molar refractivity (Wildman–Crippen MR) is 116 cm³/mol. The Hall–Kier alpha value is -3.42. The molecule has 0 unspecified atom stereocenters. The molecule has 160 valence electrons. The number of halogens is 1. The first-order valence-electron chi connectivity index (χ1n) is 10.4. The van der Waals surface area contributed by atoms with Crippen LogP contribution >= 0.6 is 0 Å². The van der Waals surface area contributed by atoms with Crippen LogP contribution in [0.25, 0.3) is 11.4 Å². The normalized spacial score (nSPS) is 18.6. The molecular formula is C23H25FN6O. The van der Waals surface area contributed by atoms with Crippen LogP contribution in [0.5, 0.6) is 0 Å². The second-order valence-electron chi connectivity index (χ2n) is 7.84. The first kappa shape index (κ1) is 20.8. The van der Waals surface area contributed by atoms with Crippen molar-refractivity contribution in [3.63, 3.8) is 0 Å². The lowest BCUT2D eigenvalue weighted by molar-refractivity contribution is 0.0612. The molecule has 0 radical (unpaired) electrons. The van der Waals surface area contributed by atoms with Gasteiger partial charge in [0.05, 0.1) is 5.56 Å². The molecular weight excluding hydrogens is 395 g/mol. The summed E-state index contributed by atoms with van der Waals surface area (Å²) < 4.78 is 14.9. The van der Waals surface area contributed by atoms with E-state index in [9.17, 15) is 9.18 Å². The zero-order valence-corrected chi connectivity index (χ0v) is 17.8. The van der Waals surface area contributed by atoms with E-state index in [0.717, 1.165) is 24.2 Å². The minimum Gasteiger partial charge on any atom is -0.349 e. The van der Waals surface area contributed by atoms with E-state index < -0.39 is 5.82 Å². The van der Waals surface area contributed by atoms with Gasteiger partial charge in [-0.05, 0) is 51.8 Å². The summed E-state index contributed by atoms with van der Waals surface area (Å²) in [5, 5.41) is 3.37. The summed E-state index contributed by atoms with van der Waals surface area (Å²) >= 11 is 0. The summed E-state index contributed by atoms with van der Waals surface area (Å²) in [5.41, 5.74) is 2.16. The number of hydrogen-bond acceptors (Lipinski definition) is 6. The fourth-order valence-corrected chi connectivity index (χ4v) is 4.09. The van der Waals surface area contributed by atoms with Crippen LogP contribution in [0.2, 0.25) is 0 Å². The van der Waals surface area contributed by atoms with Gasteiger partial charge in [0.25, 0.3) is 5.91 Å². The van der Waals surface area contributed by atoms with Crippen molar-refractivity contribution in [2.45, 2.75) is 45.7 Å². The molecule has 2 atom stereocenters. The van der Waals surface area contributed by atoms with Crippen LogP contribution < -0.4 is 5.32 Å². The molecule has 1 fully saturated rings. The molecule has 0 saturated carbocycles. The number of benzene rings is 1. The zero-order chi connectivity index (χ0) is 22.0. The highest BCUT2D eigenvalue weighted by Crippen LogP contribution is 2.28. The van der Waals surface area contributed by atoms with Crippen LogP contribution in [-0.2, 0) is 0 Å². The summed E-state index contributed by atoms with van der Waals surface area (Å²) in [4.78, 5) is 32.5. The van der Waals surface area contributed by atoms with E-state index in [1.54, 1.807) is 35.5 Å². The van der Waals surface area contributed by atoms with Crippen molar-refractivity contribution in [3.05, 3.63) is 65.5 Å². The number of amides is 1. The summed E-state index contributed by atoms with van der Waals surface area (Å²) in [5.74, 6) is -0.0583. The molecule has 4 rings (SSSR count). The molecule has 8 heteroatoms. The van der Waals surface area contributed by atoms with Gasteiger partial charge in [0.2, 0.25) is 5.95 Å². The van der Waals surface area contributed by atoms with Gasteiger partial charge in [0.1, 0.15) is 5.82 Å². The van der Waals surface area contributed by atoms with Crippen molar-refractivity contribution in [2.24, 2.45) is 0 Å². The Labute approximate surface area is 180 Å². The van der Waals surface area contributed by atoms with Gasteiger partial charge < -0.3 is 10.2 Å². The molecule has 7 nitrogen and oxygen atoms in total. The van der Waals surface area contributed by atoms with E-state index in [0.29, 0.717) is 23.9 Å². The van der Waals surface area contributed by atoms with Gasteiger partial charge >= 0.3 is 0 Å². The second kappa shape index (κ2) is 8.75. The van der Waals surface area contributed by atoms with Gasteiger partial charge in [-0.2, -0.15) is 0 Å². The minimum absolute atomic E-state index is 0.00356. The van der Waals surface area contributed by atoms with Gasteiger partial charge in [-0.15, -0.1) is 0 Å². The Morgan fingerprint density at radius 2 is 1.84 bits per heavy atom. The van der Waals surface area contributed by atoms with Gasteiger partial charge in [0.15, 0.2) is 5.82 Å². The van der Waals surface area contributed by atoms with E-state index >= 15 is 0 Å². The summed E-state index contributed by atoms with van der Waals surface area (Å²) in [6.45, 7) is 6.36. The minimum atomic E-state index is -0.574. The Bertz CT molecular complexity index is 1070. The molecule has 1 saturated heterocycles. The maximum Gasteiger partial charge on any atom is 0.257 e. The maximum atomic E-state index is 14.9. The van der Waals surface area contributed by atoms with Crippen molar-refractivity contribution in [1.82, 2.24) is 24.8 Å². The van der Waals surface area contributed by atoms with Gasteiger partial charge in [-0.1, -0.05) is 12.1 Å². The first-order chi connectivity index (χ1) is 14.9. The monoisotopic (exact) mass is 420 g/mol. The number of nitrogens with zero attached hydrogens (tertiary/aromatic N) is 5. The number of carbonyl (C=O) groups excluding carboxylic acids is 1. The molecule has 0 bridgehead atoms. The van der Waals surface area contributed by atoms with Gasteiger partial charge in [0, 0.05) is 48.0 Å². The average Bonchev–Trinajstić information content (AvgIpc) is 2.74. The highest BCUT2D eigenvalue weighted by molar-refractivity contribution is 6.00. The Kier molecular flexibility index (Phi) is 5.88. The fourth-order valence-electron chi connectivity index (χ4n) is 4.09. The molecule has 1 N–H and O–H groups in total. The van der Waals surface area contributed by atoms with Crippen LogP contribution in [-0.4, -0.2) is 49.4 Å². The quantitative estimate of drug-likeness (QED) is 0.691. The molecule has 2 aromatic heterocycles. The van der Waals surface area contributed by atoms with Crippen molar-refractivity contribution in [3.8, 4) is 11.4 Å². The zero-order valence-electron chi connectivity index (χ0n) is 17.8. The van der Waals surface area contributed by atoms with E-state index in [-0.39, 0.29) is 23.6 Å². The fraction of sp³-hybridized carbons (Fsp3) is 0.348. The number of piperidine rings is 1. The molecule has 0 spiro atoms. The lowest BCUT2D eigenvalue weighted by Gasteiger charge is -2.40. The Morgan fingerprint density at radius 1 is 1.13 bits per heavy atom. The first-order valence-corrected chi connectivity index (χ1v) is 10.4. The Balaban J connectivity index is 1.62. The van der Waals surface area contributed by atoms with Crippen molar-refractivity contribution < 1.29 is 9.18 Å². The van der Waals surface area contributed by atoms with Gasteiger partial charge in [-0.25, -0.2) is 24.3 Å². The van der Waals surface area contributed by atoms with E-state index in [1.165, 1.54) is 6.07 Å². The van der Waals surface area contributed by atoms with Crippen molar-refractivity contribution in [2.75, 3.05) is 11.9 Å². The lowest BCUT2D eigenvalue weighted by Crippen LogP contribution is -2.52. The van der Waals surface area contributed by atoms with Crippen molar-refractivity contribution in [1.29, 1.82) is 0 Å². The van der Waals surface area contributed by atoms with E-state index in [4.69, 9.17) is 0 Å². The number of likely N-dealkylation sites (tertiary alicyclic amines) is 1. The van der Waals surface area contributed by atoms with E-state index in [2.05, 4.69) is 25.3 Å². The number of rotatable bonds is 4. The number of aromatic nitrogens is 4. The number of nitrogens with one attached hydrogen (secondary N) is 1.